The van der Waals surface area contributed by atoms with Gasteiger partial charge in [-0.05, 0) is 24.1 Å². The third-order valence-electron chi connectivity index (χ3n) is 3.47. The van der Waals surface area contributed by atoms with Gasteiger partial charge in [-0.25, -0.2) is 13.2 Å². The van der Waals surface area contributed by atoms with Gasteiger partial charge in [-0.1, -0.05) is 6.07 Å². The zero-order chi connectivity index (χ0) is 16.2. The number of hydrogen-bond acceptors (Lipinski definition) is 5. The maximum absolute atomic E-state index is 11.8. The van der Waals surface area contributed by atoms with Crippen LogP contribution >= 0.6 is 0 Å². The van der Waals surface area contributed by atoms with Crippen LogP contribution in [-0.4, -0.2) is 46.2 Å². The summed E-state index contributed by atoms with van der Waals surface area (Å²) < 4.78 is 33.0. The monoisotopic (exact) mass is 328 g/mol. The highest BCUT2D eigenvalue weighted by Gasteiger charge is 2.28. The molecular weight excluding hydrogens is 308 g/mol. The first-order valence-electron chi connectivity index (χ1n) is 6.89. The highest BCUT2D eigenvalue weighted by atomic mass is 32.2. The topological polar surface area (TPSA) is 93.7 Å². The molecule has 0 spiro atoms. The normalized spacial score (nSPS) is 19.5. The molecule has 1 aromatic carbocycles. The van der Waals surface area contributed by atoms with Crippen LogP contribution in [0.15, 0.2) is 18.2 Å². The quantitative estimate of drug-likeness (QED) is 0.829. The first kappa shape index (κ1) is 16.4. The van der Waals surface area contributed by atoms with Gasteiger partial charge in [-0.15, -0.1) is 0 Å². The highest BCUT2D eigenvalue weighted by Crippen LogP contribution is 2.27. The van der Waals surface area contributed by atoms with E-state index in [1.165, 1.54) is 0 Å². The third-order valence-corrected chi connectivity index (χ3v) is 5.24. The predicted molar refractivity (Wildman–Crippen MR) is 82.0 cm³/mol. The average molecular weight is 328 g/mol. The van der Waals surface area contributed by atoms with Crippen molar-refractivity contribution >= 4 is 15.9 Å². The minimum atomic E-state index is -3.00. The summed E-state index contributed by atoms with van der Waals surface area (Å²) in [6.07, 6.45) is 0.464. The fourth-order valence-corrected chi connectivity index (χ4v) is 3.99. The van der Waals surface area contributed by atoms with Crippen molar-refractivity contribution in [3.8, 4) is 11.5 Å². The molecule has 0 bridgehead atoms. The number of methoxy groups -OCH3 is 2. The van der Waals surface area contributed by atoms with Crippen molar-refractivity contribution in [1.29, 1.82) is 0 Å². The zero-order valence-electron chi connectivity index (χ0n) is 12.6. The van der Waals surface area contributed by atoms with Crippen LogP contribution < -0.4 is 20.1 Å². The first-order valence-corrected chi connectivity index (χ1v) is 8.71. The lowest BCUT2D eigenvalue weighted by atomic mass is 10.2. The van der Waals surface area contributed by atoms with E-state index in [2.05, 4.69) is 10.6 Å². The Hall–Kier alpha value is -1.96. The molecule has 1 aromatic rings. The molecule has 0 radical (unpaired) electrons. The summed E-state index contributed by atoms with van der Waals surface area (Å²) in [6.45, 7) is 0.311. The van der Waals surface area contributed by atoms with Crippen molar-refractivity contribution in [1.82, 2.24) is 10.6 Å². The lowest BCUT2D eigenvalue weighted by molar-refractivity contribution is 0.237. The summed E-state index contributed by atoms with van der Waals surface area (Å²) in [6, 6.07) is 4.67. The molecule has 1 aliphatic rings. The maximum Gasteiger partial charge on any atom is 0.315 e. The molecular formula is C14H20N2O5S. The van der Waals surface area contributed by atoms with Crippen LogP contribution in [0.3, 0.4) is 0 Å². The molecule has 1 saturated heterocycles. The molecule has 0 aromatic heterocycles. The van der Waals surface area contributed by atoms with Crippen molar-refractivity contribution in [2.45, 2.75) is 19.0 Å². The summed E-state index contributed by atoms with van der Waals surface area (Å²) in [7, 11) is 0.101. The molecule has 1 heterocycles. The zero-order valence-corrected chi connectivity index (χ0v) is 13.4. The fraction of sp³-hybridized carbons (Fsp3) is 0.500. The average Bonchev–Trinajstić information content (AvgIpc) is 2.83. The van der Waals surface area contributed by atoms with E-state index < -0.39 is 9.84 Å². The Kier molecular flexibility index (Phi) is 5.12. The molecule has 1 fully saturated rings. The van der Waals surface area contributed by atoms with Crippen LogP contribution in [0.4, 0.5) is 4.79 Å². The molecule has 7 nitrogen and oxygen atoms in total. The molecule has 2 N–H and O–H groups in total. The Labute approximate surface area is 129 Å². The fourth-order valence-electron chi connectivity index (χ4n) is 2.32. The Balaban J connectivity index is 1.86. The maximum atomic E-state index is 11.8. The second kappa shape index (κ2) is 6.87. The standard InChI is InChI=1S/C14H20N2O5S/c1-20-12-4-3-10(7-13(12)21-2)8-15-14(17)16-11-5-6-22(18,19)9-11/h3-4,7,11H,5-6,8-9H2,1-2H3,(H2,15,16,17). The molecule has 122 valence electrons. The van der Waals surface area contributed by atoms with Gasteiger partial charge in [0.2, 0.25) is 0 Å². The molecule has 8 heteroatoms. The van der Waals surface area contributed by atoms with E-state index in [-0.39, 0.29) is 23.6 Å². The molecule has 1 atom stereocenters. The van der Waals surface area contributed by atoms with Gasteiger partial charge in [0.05, 0.1) is 25.7 Å². The number of rotatable bonds is 5. The van der Waals surface area contributed by atoms with E-state index >= 15 is 0 Å². The Morgan fingerprint density at radius 2 is 2.00 bits per heavy atom. The predicted octanol–water partition coefficient (Wildman–Crippen LogP) is 0.690. The lowest BCUT2D eigenvalue weighted by Crippen LogP contribution is -2.42. The van der Waals surface area contributed by atoms with Crippen molar-refractivity contribution in [3.05, 3.63) is 23.8 Å². The second-order valence-electron chi connectivity index (χ2n) is 5.12. The lowest BCUT2D eigenvalue weighted by Gasteiger charge is -2.13. The van der Waals surface area contributed by atoms with Gasteiger partial charge in [0.25, 0.3) is 0 Å². The second-order valence-corrected chi connectivity index (χ2v) is 7.35. The van der Waals surface area contributed by atoms with Gasteiger partial charge in [0.1, 0.15) is 0 Å². The SMILES string of the molecule is COc1ccc(CNC(=O)NC2CCS(=O)(=O)C2)cc1OC. The third kappa shape index (κ3) is 4.27. The number of nitrogens with one attached hydrogen (secondary N) is 2. The van der Waals surface area contributed by atoms with Crippen LogP contribution in [0.2, 0.25) is 0 Å². The summed E-state index contributed by atoms with van der Waals surface area (Å²) in [5.74, 6) is 1.35. The van der Waals surface area contributed by atoms with Gasteiger partial charge in [-0.2, -0.15) is 0 Å². The van der Waals surface area contributed by atoms with Crippen LogP contribution in [0, 0.1) is 0 Å². The van der Waals surface area contributed by atoms with E-state index in [1.54, 1.807) is 26.4 Å². The van der Waals surface area contributed by atoms with Crippen molar-refractivity contribution in [2.24, 2.45) is 0 Å². The van der Waals surface area contributed by atoms with Gasteiger partial charge >= 0.3 is 6.03 Å². The van der Waals surface area contributed by atoms with Gasteiger partial charge in [0.15, 0.2) is 21.3 Å². The van der Waals surface area contributed by atoms with E-state index in [0.29, 0.717) is 24.5 Å². The summed E-state index contributed by atoms with van der Waals surface area (Å²) >= 11 is 0. The van der Waals surface area contributed by atoms with E-state index in [1.807, 2.05) is 6.07 Å². The minimum Gasteiger partial charge on any atom is -0.493 e. The molecule has 22 heavy (non-hydrogen) atoms. The Morgan fingerprint density at radius 3 is 2.59 bits per heavy atom. The number of amides is 2. The van der Waals surface area contributed by atoms with Crippen LogP contribution in [0.25, 0.3) is 0 Å². The number of benzene rings is 1. The van der Waals surface area contributed by atoms with E-state index in [4.69, 9.17) is 9.47 Å². The summed E-state index contributed by atoms with van der Waals surface area (Å²) in [5.41, 5.74) is 0.854. The van der Waals surface area contributed by atoms with E-state index in [0.717, 1.165) is 5.56 Å². The molecule has 2 rings (SSSR count). The van der Waals surface area contributed by atoms with Crippen molar-refractivity contribution < 1.29 is 22.7 Å². The molecule has 0 saturated carbocycles. The largest absolute Gasteiger partial charge is 0.493 e. The van der Waals surface area contributed by atoms with E-state index in [9.17, 15) is 13.2 Å². The number of sulfone groups is 1. The molecule has 0 aliphatic carbocycles. The molecule has 1 unspecified atom stereocenters. The molecule has 1 aliphatic heterocycles. The smallest absolute Gasteiger partial charge is 0.315 e. The number of hydrogen-bond donors (Lipinski definition) is 2. The van der Waals surface area contributed by atoms with Crippen molar-refractivity contribution in [2.75, 3.05) is 25.7 Å². The van der Waals surface area contributed by atoms with Crippen molar-refractivity contribution in [3.63, 3.8) is 0 Å². The number of urea groups is 1. The van der Waals surface area contributed by atoms with Crippen LogP contribution in [-0.2, 0) is 16.4 Å². The van der Waals surface area contributed by atoms with Gasteiger partial charge < -0.3 is 20.1 Å². The highest BCUT2D eigenvalue weighted by molar-refractivity contribution is 7.91. The number of carbonyl (C=O) groups excluding carboxylic acids is 1. The van der Waals surface area contributed by atoms with Gasteiger partial charge in [-0.3, -0.25) is 0 Å². The number of carbonyl (C=O) groups is 1. The summed E-state index contributed by atoms with van der Waals surface area (Å²) in [5, 5.41) is 5.37. The Morgan fingerprint density at radius 1 is 1.27 bits per heavy atom. The minimum absolute atomic E-state index is 0.0107. The summed E-state index contributed by atoms with van der Waals surface area (Å²) in [4.78, 5) is 11.8. The molecule has 2 amide bonds. The Bertz CT molecular complexity index is 645. The van der Waals surface area contributed by atoms with Crippen LogP contribution in [0.5, 0.6) is 11.5 Å². The van der Waals surface area contributed by atoms with Crippen LogP contribution in [0.1, 0.15) is 12.0 Å². The van der Waals surface area contributed by atoms with Gasteiger partial charge in [0, 0.05) is 12.6 Å². The first-order chi connectivity index (χ1) is 10.4. The number of ether oxygens (including phenoxy) is 2.